The molecule has 0 fully saturated rings. The Bertz CT molecular complexity index is 894. The van der Waals surface area contributed by atoms with Gasteiger partial charge in [-0.1, -0.05) is 66.8 Å². The highest BCUT2D eigenvalue weighted by atomic mass is 35.5. The van der Waals surface area contributed by atoms with Crippen molar-refractivity contribution in [1.29, 1.82) is 0 Å². The second-order valence-electron chi connectivity index (χ2n) is 5.17. The van der Waals surface area contributed by atoms with Crippen LogP contribution in [-0.2, 0) is 0 Å². The number of rotatable bonds is 2. The highest BCUT2D eigenvalue weighted by Crippen LogP contribution is 2.26. The molecule has 0 atom stereocenters. The van der Waals surface area contributed by atoms with Gasteiger partial charge in [0.25, 0.3) is 0 Å². The molecule has 0 saturated heterocycles. The molecule has 144 valence electrons. The van der Waals surface area contributed by atoms with Crippen molar-refractivity contribution in [3.05, 3.63) is 80.6 Å². The molecule has 0 aliphatic carbocycles. The Balaban J connectivity index is 0.000000338. The van der Waals surface area contributed by atoms with Crippen molar-refractivity contribution in [2.75, 3.05) is 0 Å². The van der Waals surface area contributed by atoms with Crippen LogP contribution in [-0.4, -0.2) is 20.9 Å². The zero-order valence-electron chi connectivity index (χ0n) is 15.5. The van der Waals surface area contributed by atoms with Crippen LogP contribution in [0, 0.1) is 13.8 Å². The minimum absolute atomic E-state index is 0.0264. The monoisotopic (exact) mass is 426 g/mol. The summed E-state index contributed by atoms with van der Waals surface area (Å²) in [6, 6.07) is 14.4. The summed E-state index contributed by atoms with van der Waals surface area (Å²) in [5.41, 5.74) is 1.98. The molecule has 2 aromatic carbocycles. The summed E-state index contributed by atoms with van der Waals surface area (Å²) < 4.78 is 1.51. The van der Waals surface area contributed by atoms with E-state index in [1.54, 1.807) is 32.0 Å². The van der Waals surface area contributed by atoms with Gasteiger partial charge in [0.1, 0.15) is 0 Å². The average molecular weight is 428 g/mol. The normalized spacial score (nSPS) is 9.59. The molecule has 0 unspecified atom stereocenters. The molecule has 0 amide bonds. The molecule has 0 aliphatic heterocycles. The van der Waals surface area contributed by atoms with E-state index in [-0.39, 0.29) is 5.69 Å². The summed E-state index contributed by atoms with van der Waals surface area (Å²) in [5.74, 6) is -1.06. The molecule has 0 radical (unpaired) electrons. The van der Waals surface area contributed by atoms with E-state index >= 15 is 0 Å². The third kappa shape index (κ3) is 6.28. The van der Waals surface area contributed by atoms with Crippen LogP contribution in [0.4, 0.5) is 0 Å². The first-order valence-electron chi connectivity index (χ1n) is 8.26. The van der Waals surface area contributed by atoms with Gasteiger partial charge in [-0.25, -0.2) is 9.48 Å². The lowest BCUT2D eigenvalue weighted by molar-refractivity contribution is 0.0689. The molecule has 0 aliphatic rings. The molecule has 27 heavy (non-hydrogen) atoms. The Morgan fingerprint density at radius 2 is 1.56 bits per heavy atom. The summed E-state index contributed by atoms with van der Waals surface area (Å²) in [7, 11) is 0. The Morgan fingerprint density at radius 3 is 1.96 bits per heavy atom. The average Bonchev–Trinajstić information content (AvgIpc) is 2.94. The number of hydrogen-bond acceptors (Lipinski definition) is 2. The first kappa shape index (κ1) is 23.0. The number of hydrogen-bond donors (Lipinski definition) is 1. The summed E-state index contributed by atoms with van der Waals surface area (Å²) in [6.45, 7) is 7.51. The van der Waals surface area contributed by atoms with Crippen molar-refractivity contribution in [2.45, 2.75) is 27.7 Å². The Morgan fingerprint density at radius 1 is 0.963 bits per heavy atom. The van der Waals surface area contributed by atoms with E-state index in [4.69, 9.17) is 39.9 Å². The number of halogens is 3. The van der Waals surface area contributed by atoms with Crippen molar-refractivity contribution in [1.82, 2.24) is 9.78 Å². The lowest BCUT2D eigenvalue weighted by atomic mass is 10.2. The van der Waals surface area contributed by atoms with Gasteiger partial charge in [0.15, 0.2) is 5.69 Å². The van der Waals surface area contributed by atoms with Crippen LogP contribution in [0.15, 0.2) is 48.5 Å². The molecule has 1 N–H and O–H groups in total. The van der Waals surface area contributed by atoms with Crippen LogP contribution >= 0.6 is 34.8 Å². The highest BCUT2D eigenvalue weighted by molar-refractivity contribution is 6.35. The molecular formula is C20H21Cl3N2O2. The number of carboxylic acid groups (broad SMARTS) is 1. The maximum atomic E-state index is 11.0. The molecule has 7 heteroatoms. The van der Waals surface area contributed by atoms with E-state index in [0.29, 0.717) is 21.3 Å². The van der Waals surface area contributed by atoms with Crippen molar-refractivity contribution < 1.29 is 9.90 Å². The molecule has 1 aromatic heterocycles. The second-order valence-corrected chi connectivity index (χ2v) is 6.45. The first-order chi connectivity index (χ1) is 12.8. The van der Waals surface area contributed by atoms with Gasteiger partial charge in [-0.3, -0.25) is 0 Å². The Hall–Kier alpha value is -2.01. The number of carboxylic acids is 1. The quantitative estimate of drug-likeness (QED) is 0.486. The van der Waals surface area contributed by atoms with E-state index < -0.39 is 5.97 Å². The van der Waals surface area contributed by atoms with Gasteiger partial charge in [0, 0.05) is 21.3 Å². The largest absolute Gasteiger partial charge is 0.476 e. The third-order valence-corrected chi connectivity index (χ3v) is 4.28. The molecule has 4 nitrogen and oxygen atoms in total. The van der Waals surface area contributed by atoms with Gasteiger partial charge >= 0.3 is 5.97 Å². The maximum absolute atomic E-state index is 11.0. The lowest BCUT2D eigenvalue weighted by Crippen LogP contribution is -2.02. The van der Waals surface area contributed by atoms with E-state index in [9.17, 15) is 4.79 Å². The van der Waals surface area contributed by atoms with Crippen LogP contribution in [0.3, 0.4) is 0 Å². The number of aromatic nitrogens is 2. The van der Waals surface area contributed by atoms with E-state index in [2.05, 4.69) is 5.10 Å². The van der Waals surface area contributed by atoms with Crippen LogP contribution < -0.4 is 0 Å². The van der Waals surface area contributed by atoms with Crippen molar-refractivity contribution in [3.8, 4) is 5.69 Å². The fourth-order valence-corrected chi connectivity index (χ4v) is 2.72. The van der Waals surface area contributed by atoms with Gasteiger partial charge in [-0.15, -0.1) is 0 Å². The summed E-state index contributed by atoms with van der Waals surface area (Å²) in [5, 5.41) is 14.8. The maximum Gasteiger partial charge on any atom is 0.356 e. The van der Waals surface area contributed by atoms with Crippen LogP contribution in [0.5, 0.6) is 0 Å². The van der Waals surface area contributed by atoms with E-state index in [1.807, 2.05) is 44.2 Å². The van der Waals surface area contributed by atoms with Gasteiger partial charge in [-0.05, 0) is 44.2 Å². The minimum atomic E-state index is -1.06. The van der Waals surface area contributed by atoms with Gasteiger partial charge in [-0.2, -0.15) is 5.10 Å². The van der Waals surface area contributed by atoms with Crippen molar-refractivity contribution in [2.24, 2.45) is 0 Å². The third-order valence-electron chi connectivity index (χ3n) is 3.49. The Labute approximate surface area is 174 Å². The number of carbonyl (C=O) groups is 1. The summed E-state index contributed by atoms with van der Waals surface area (Å²) in [4.78, 5) is 11.0. The lowest BCUT2D eigenvalue weighted by Gasteiger charge is -2.07. The number of nitrogens with zero attached hydrogens (tertiary/aromatic N) is 2. The standard InChI is InChI=1S/C12H10Cl2N2O2.C6H5Cl.C2H6/c1-6-7(2)16(15-11(6)12(17)18)10-4-3-8(13)5-9(10)14;7-6-4-2-1-3-5-6;1-2/h3-5H,1-2H3,(H,17,18);1-5H;1-2H3. The molecule has 3 rings (SSSR count). The molecule has 1 heterocycles. The van der Waals surface area contributed by atoms with Gasteiger partial charge in [0.05, 0.1) is 10.7 Å². The van der Waals surface area contributed by atoms with Gasteiger partial charge < -0.3 is 5.11 Å². The summed E-state index contributed by atoms with van der Waals surface area (Å²) in [6.07, 6.45) is 0. The zero-order chi connectivity index (χ0) is 20.6. The molecule has 3 aromatic rings. The predicted molar refractivity (Wildman–Crippen MR) is 113 cm³/mol. The minimum Gasteiger partial charge on any atom is -0.476 e. The molecule has 0 saturated carbocycles. The fourth-order valence-electron chi connectivity index (χ4n) is 2.09. The highest BCUT2D eigenvalue weighted by Gasteiger charge is 2.18. The molecular weight excluding hydrogens is 407 g/mol. The predicted octanol–water partition coefficient (Wildman–Crippen LogP) is 6.86. The van der Waals surface area contributed by atoms with Crippen LogP contribution in [0.1, 0.15) is 35.6 Å². The van der Waals surface area contributed by atoms with Crippen molar-refractivity contribution in [3.63, 3.8) is 0 Å². The van der Waals surface area contributed by atoms with E-state index in [0.717, 1.165) is 10.7 Å². The van der Waals surface area contributed by atoms with Crippen LogP contribution in [0.25, 0.3) is 5.69 Å². The Kier molecular flexibility index (Phi) is 9.36. The smallest absolute Gasteiger partial charge is 0.356 e. The first-order valence-corrected chi connectivity index (χ1v) is 9.40. The molecule has 0 spiro atoms. The SMILES string of the molecule is CC.Cc1c(C(=O)O)nn(-c2ccc(Cl)cc2Cl)c1C.Clc1ccccc1. The van der Waals surface area contributed by atoms with Crippen LogP contribution in [0.2, 0.25) is 15.1 Å². The van der Waals surface area contributed by atoms with Gasteiger partial charge in [0.2, 0.25) is 0 Å². The fraction of sp³-hybridized carbons (Fsp3) is 0.200. The second kappa shape index (κ2) is 11.0. The number of aromatic carboxylic acids is 1. The number of benzene rings is 2. The summed E-state index contributed by atoms with van der Waals surface area (Å²) >= 11 is 17.4. The molecule has 0 bridgehead atoms. The topological polar surface area (TPSA) is 55.1 Å². The van der Waals surface area contributed by atoms with E-state index in [1.165, 1.54) is 4.68 Å². The van der Waals surface area contributed by atoms with Crippen molar-refractivity contribution >= 4 is 40.8 Å². The zero-order valence-corrected chi connectivity index (χ0v) is 17.8.